The van der Waals surface area contributed by atoms with Crippen molar-refractivity contribution in [2.24, 2.45) is 5.41 Å². The third kappa shape index (κ3) is 2.75. The Kier molecular flexibility index (Phi) is 3.97. The van der Waals surface area contributed by atoms with Gasteiger partial charge in [-0.2, -0.15) is 5.10 Å². The van der Waals surface area contributed by atoms with Gasteiger partial charge in [0.15, 0.2) is 5.65 Å². The second-order valence-corrected chi connectivity index (χ2v) is 8.02. The van der Waals surface area contributed by atoms with Gasteiger partial charge in [-0.05, 0) is 39.7 Å². The van der Waals surface area contributed by atoms with E-state index in [0.717, 1.165) is 36.1 Å². The summed E-state index contributed by atoms with van der Waals surface area (Å²) in [7, 11) is 0. The average Bonchev–Trinajstić information content (AvgIpc) is 3.17. The van der Waals surface area contributed by atoms with Crippen molar-refractivity contribution in [3.05, 3.63) is 23.5 Å². The Hall–Kier alpha value is -2.44. The van der Waals surface area contributed by atoms with Crippen molar-refractivity contribution in [3.63, 3.8) is 0 Å². The van der Waals surface area contributed by atoms with Gasteiger partial charge in [-0.25, -0.2) is 9.67 Å². The number of rotatable bonds is 2. The molecule has 2 saturated heterocycles. The Bertz CT molecular complexity index is 887. The molecule has 4 heterocycles. The summed E-state index contributed by atoms with van der Waals surface area (Å²) < 4.78 is 1.86. The maximum absolute atomic E-state index is 13.3. The van der Waals surface area contributed by atoms with E-state index in [-0.39, 0.29) is 23.3 Å². The fourth-order valence-electron chi connectivity index (χ4n) is 4.29. The summed E-state index contributed by atoms with van der Waals surface area (Å²) in [6, 6.07) is 2.04. The first-order valence-corrected chi connectivity index (χ1v) is 9.29. The molecule has 1 N–H and O–H groups in total. The Morgan fingerprint density at radius 2 is 2.19 bits per heavy atom. The van der Waals surface area contributed by atoms with Gasteiger partial charge in [-0.15, -0.1) is 0 Å². The van der Waals surface area contributed by atoms with Crippen molar-refractivity contribution in [2.75, 3.05) is 19.6 Å². The van der Waals surface area contributed by atoms with Crippen molar-refractivity contribution in [2.45, 2.75) is 46.1 Å². The van der Waals surface area contributed by atoms with Gasteiger partial charge in [0, 0.05) is 43.2 Å². The van der Waals surface area contributed by atoms with E-state index in [2.05, 4.69) is 29.2 Å². The zero-order chi connectivity index (χ0) is 18.5. The molecule has 0 radical (unpaired) electrons. The number of aromatic nitrogens is 3. The lowest BCUT2D eigenvalue weighted by atomic mass is 9.79. The highest BCUT2D eigenvalue weighted by Crippen LogP contribution is 2.37. The molecule has 0 bridgehead atoms. The summed E-state index contributed by atoms with van der Waals surface area (Å²) in [6.07, 6.45) is 4.19. The second-order valence-electron chi connectivity index (χ2n) is 8.02. The number of carbonyl (C=O) groups is 2. The number of hydrogen-bond donors (Lipinski definition) is 1. The van der Waals surface area contributed by atoms with E-state index in [1.165, 1.54) is 0 Å². The quantitative estimate of drug-likeness (QED) is 0.894. The summed E-state index contributed by atoms with van der Waals surface area (Å²) in [5.41, 5.74) is 2.13. The lowest BCUT2D eigenvalue weighted by molar-refractivity contribution is -0.119. The first-order chi connectivity index (χ1) is 12.4. The molecule has 26 heavy (non-hydrogen) atoms. The topological polar surface area (TPSA) is 80.1 Å². The van der Waals surface area contributed by atoms with E-state index >= 15 is 0 Å². The number of aryl methyl sites for hydroxylation is 1. The summed E-state index contributed by atoms with van der Waals surface area (Å²) in [5.74, 6) is 0.113. The van der Waals surface area contributed by atoms with Gasteiger partial charge >= 0.3 is 0 Å². The van der Waals surface area contributed by atoms with Gasteiger partial charge in [-0.1, -0.05) is 0 Å². The highest BCUT2D eigenvalue weighted by Gasteiger charge is 2.43. The molecule has 0 aliphatic carbocycles. The van der Waals surface area contributed by atoms with E-state index in [4.69, 9.17) is 0 Å². The van der Waals surface area contributed by atoms with Crippen molar-refractivity contribution in [1.29, 1.82) is 0 Å². The SMILES string of the molecule is Cc1cc(C(=O)N2CCCC3(CNC(=O)C3)C2)c2cnn(C(C)C)c2n1. The van der Waals surface area contributed by atoms with Crippen LogP contribution in [0.15, 0.2) is 12.3 Å². The molecule has 2 amide bonds. The first kappa shape index (κ1) is 17.0. The molecule has 1 unspecified atom stereocenters. The zero-order valence-electron chi connectivity index (χ0n) is 15.6. The largest absolute Gasteiger partial charge is 0.355 e. The molecule has 7 heteroatoms. The van der Waals surface area contributed by atoms with Crippen LogP contribution in [0.5, 0.6) is 0 Å². The number of hydrogen-bond acceptors (Lipinski definition) is 4. The van der Waals surface area contributed by atoms with Crippen molar-refractivity contribution in [3.8, 4) is 0 Å². The third-order valence-electron chi connectivity index (χ3n) is 5.56. The Morgan fingerprint density at radius 1 is 1.38 bits per heavy atom. The van der Waals surface area contributed by atoms with Gasteiger partial charge in [0.1, 0.15) is 0 Å². The van der Waals surface area contributed by atoms with Crippen LogP contribution in [0.4, 0.5) is 0 Å². The molecular weight excluding hydrogens is 330 g/mol. The Labute approximate surface area is 152 Å². The van der Waals surface area contributed by atoms with E-state index in [0.29, 0.717) is 25.1 Å². The predicted molar refractivity (Wildman–Crippen MR) is 97.8 cm³/mol. The number of nitrogens with zero attached hydrogens (tertiary/aromatic N) is 4. The molecule has 2 aromatic heterocycles. The number of pyridine rings is 1. The zero-order valence-corrected chi connectivity index (χ0v) is 15.6. The van der Waals surface area contributed by atoms with Gasteiger partial charge in [0.2, 0.25) is 5.91 Å². The van der Waals surface area contributed by atoms with Crippen LogP contribution < -0.4 is 5.32 Å². The summed E-state index contributed by atoms with van der Waals surface area (Å²) in [6.45, 7) is 8.05. The number of nitrogens with one attached hydrogen (secondary N) is 1. The minimum atomic E-state index is -0.103. The number of fused-ring (bicyclic) bond motifs is 1. The molecule has 0 saturated carbocycles. The number of likely N-dealkylation sites (tertiary alicyclic amines) is 1. The van der Waals surface area contributed by atoms with Gasteiger partial charge in [0.05, 0.1) is 17.1 Å². The van der Waals surface area contributed by atoms with Gasteiger partial charge in [-0.3, -0.25) is 9.59 Å². The first-order valence-electron chi connectivity index (χ1n) is 9.29. The average molecular weight is 355 g/mol. The van der Waals surface area contributed by atoms with Crippen molar-refractivity contribution < 1.29 is 9.59 Å². The molecule has 2 aliphatic rings. The molecule has 138 valence electrons. The molecule has 0 aromatic carbocycles. The van der Waals surface area contributed by atoms with Crippen LogP contribution in [0, 0.1) is 12.3 Å². The molecule has 1 spiro atoms. The van der Waals surface area contributed by atoms with Gasteiger partial charge in [0.25, 0.3) is 5.91 Å². The minimum Gasteiger partial charge on any atom is -0.355 e. The fourth-order valence-corrected chi connectivity index (χ4v) is 4.29. The molecule has 7 nitrogen and oxygen atoms in total. The smallest absolute Gasteiger partial charge is 0.254 e. The maximum Gasteiger partial charge on any atom is 0.254 e. The highest BCUT2D eigenvalue weighted by molar-refractivity contribution is 6.05. The summed E-state index contributed by atoms with van der Waals surface area (Å²) in [4.78, 5) is 31.5. The van der Waals surface area contributed by atoms with Crippen LogP contribution in [0.1, 0.15) is 55.2 Å². The van der Waals surface area contributed by atoms with Crippen LogP contribution in [-0.2, 0) is 4.79 Å². The summed E-state index contributed by atoms with van der Waals surface area (Å²) in [5, 5.41) is 8.17. The molecule has 4 rings (SSSR count). The maximum atomic E-state index is 13.3. The van der Waals surface area contributed by atoms with E-state index in [1.54, 1.807) is 6.20 Å². The van der Waals surface area contributed by atoms with E-state index in [9.17, 15) is 9.59 Å². The van der Waals surface area contributed by atoms with Crippen molar-refractivity contribution >= 4 is 22.8 Å². The third-order valence-corrected chi connectivity index (χ3v) is 5.56. The van der Waals surface area contributed by atoms with Crippen LogP contribution >= 0.6 is 0 Å². The standard InChI is InChI=1S/C19H25N5O2/c1-12(2)24-17-15(9-21-24)14(7-13(3)22-17)18(26)23-6-4-5-19(11-23)8-16(25)20-10-19/h7,9,12H,4-6,8,10-11H2,1-3H3,(H,20,25). The van der Waals surface area contributed by atoms with Crippen LogP contribution in [0.3, 0.4) is 0 Å². The second kappa shape index (κ2) is 6.07. The normalized spacial score (nSPS) is 23.2. The lowest BCUT2D eigenvalue weighted by Gasteiger charge is -2.39. The van der Waals surface area contributed by atoms with Crippen LogP contribution in [0.2, 0.25) is 0 Å². The molecular formula is C19H25N5O2. The fraction of sp³-hybridized carbons (Fsp3) is 0.579. The monoisotopic (exact) mass is 355 g/mol. The summed E-state index contributed by atoms with van der Waals surface area (Å²) >= 11 is 0. The van der Waals surface area contributed by atoms with E-state index < -0.39 is 0 Å². The van der Waals surface area contributed by atoms with Gasteiger partial charge < -0.3 is 10.2 Å². The van der Waals surface area contributed by atoms with Crippen LogP contribution in [-0.4, -0.2) is 51.1 Å². The Balaban J connectivity index is 1.69. The van der Waals surface area contributed by atoms with Crippen LogP contribution in [0.25, 0.3) is 11.0 Å². The predicted octanol–water partition coefficient (Wildman–Crippen LogP) is 2.06. The lowest BCUT2D eigenvalue weighted by Crippen LogP contribution is -2.47. The highest BCUT2D eigenvalue weighted by atomic mass is 16.2. The molecule has 2 fully saturated rings. The number of piperidine rings is 1. The number of amides is 2. The minimum absolute atomic E-state index is 0.0160. The molecule has 2 aliphatic heterocycles. The van der Waals surface area contributed by atoms with E-state index in [1.807, 2.05) is 22.6 Å². The van der Waals surface area contributed by atoms with Crippen molar-refractivity contribution in [1.82, 2.24) is 25.0 Å². The molecule has 1 atom stereocenters. The number of carbonyl (C=O) groups excluding carboxylic acids is 2. The Morgan fingerprint density at radius 3 is 2.88 bits per heavy atom. The molecule has 2 aromatic rings.